The van der Waals surface area contributed by atoms with Crippen LogP contribution < -0.4 is 0 Å². The van der Waals surface area contributed by atoms with E-state index in [0.29, 0.717) is 17.1 Å². The van der Waals surface area contributed by atoms with Gasteiger partial charge in [0.05, 0.1) is 14.9 Å². The van der Waals surface area contributed by atoms with E-state index in [-0.39, 0.29) is 5.78 Å². The highest BCUT2D eigenvalue weighted by Gasteiger charge is 2.18. The topological polar surface area (TPSA) is 47.8 Å². The summed E-state index contributed by atoms with van der Waals surface area (Å²) in [6, 6.07) is 1.81. The zero-order valence-corrected chi connectivity index (χ0v) is 13.0. The molecule has 0 saturated carbocycles. The summed E-state index contributed by atoms with van der Waals surface area (Å²) in [5.41, 5.74) is 0.535. The van der Waals surface area contributed by atoms with Crippen LogP contribution in [0.25, 0.3) is 0 Å². The number of aryl methyl sites for hydroxylation is 1. The number of carbonyl (C=O) groups is 1. The second kappa shape index (κ2) is 5.41. The van der Waals surface area contributed by atoms with Crippen LogP contribution in [0, 0.1) is 0 Å². The molecule has 0 amide bonds. The van der Waals surface area contributed by atoms with Crippen molar-refractivity contribution >= 4 is 49.0 Å². The Morgan fingerprint density at radius 1 is 1.53 bits per heavy atom. The number of carbonyl (C=O) groups excluding carboxylic acids is 1. The van der Waals surface area contributed by atoms with Gasteiger partial charge in [-0.15, -0.1) is 16.4 Å². The average Bonchev–Trinajstić information content (AvgIpc) is 2.87. The van der Waals surface area contributed by atoms with Gasteiger partial charge in [-0.05, 0) is 44.3 Å². The molecule has 0 radical (unpaired) electrons. The number of aromatic nitrogens is 3. The van der Waals surface area contributed by atoms with Crippen LogP contribution >= 0.6 is 43.2 Å². The Labute approximate surface area is 119 Å². The summed E-state index contributed by atoms with van der Waals surface area (Å²) < 4.78 is 3.44. The molecule has 17 heavy (non-hydrogen) atoms. The summed E-state index contributed by atoms with van der Waals surface area (Å²) in [5, 5.41) is 7.70. The van der Waals surface area contributed by atoms with E-state index in [2.05, 4.69) is 42.2 Å². The number of hydrogen-bond donors (Lipinski definition) is 0. The number of hydrogen-bond acceptors (Lipinski definition) is 4. The van der Waals surface area contributed by atoms with Gasteiger partial charge in [0, 0.05) is 11.0 Å². The highest BCUT2D eigenvalue weighted by molar-refractivity contribution is 9.13. The van der Waals surface area contributed by atoms with Crippen LogP contribution in [0.2, 0.25) is 0 Å². The first-order chi connectivity index (χ1) is 8.13. The Morgan fingerprint density at radius 3 is 2.88 bits per heavy atom. The van der Waals surface area contributed by atoms with Crippen LogP contribution in [0.15, 0.2) is 20.5 Å². The smallest absolute Gasteiger partial charge is 0.222 e. The zero-order valence-electron chi connectivity index (χ0n) is 8.98. The molecule has 0 N–H and O–H groups in total. The largest absolute Gasteiger partial charge is 0.286 e. The number of thiophene rings is 1. The van der Waals surface area contributed by atoms with Crippen molar-refractivity contribution in [3.8, 4) is 0 Å². The van der Waals surface area contributed by atoms with Gasteiger partial charge in [-0.3, -0.25) is 4.79 Å². The minimum atomic E-state index is -0.0418. The predicted octanol–water partition coefficient (Wildman–Crippen LogP) is 3.51. The molecule has 0 atom stereocenters. The fraction of sp³-hybridized carbons (Fsp3) is 0.300. The van der Waals surface area contributed by atoms with Gasteiger partial charge >= 0.3 is 0 Å². The molecule has 2 aromatic rings. The molecule has 7 heteroatoms. The monoisotopic (exact) mass is 377 g/mol. The third-order valence-corrected chi connectivity index (χ3v) is 5.41. The van der Waals surface area contributed by atoms with Crippen molar-refractivity contribution < 1.29 is 4.79 Å². The van der Waals surface area contributed by atoms with E-state index in [9.17, 15) is 4.79 Å². The lowest BCUT2D eigenvalue weighted by atomic mass is 10.2. The minimum absolute atomic E-state index is 0.0418. The van der Waals surface area contributed by atoms with Crippen molar-refractivity contribution in [2.75, 3.05) is 0 Å². The summed E-state index contributed by atoms with van der Waals surface area (Å²) in [5.74, 6) is -0.0418. The lowest BCUT2D eigenvalue weighted by molar-refractivity contribution is 0.103. The Bertz CT molecular complexity index is 530. The zero-order chi connectivity index (χ0) is 12.4. The van der Waals surface area contributed by atoms with Gasteiger partial charge in [-0.1, -0.05) is 12.1 Å². The number of nitrogens with zero attached hydrogens (tertiary/aromatic N) is 3. The normalized spacial score (nSPS) is 10.8. The molecule has 0 aliphatic heterocycles. The lowest BCUT2D eigenvalue weighted by Crippen LogP contribution is -2.10. The quantitative estimate of drug-likeness (QED) is 0.765. The third kappa shape index (κ3) is 2.66. The standard InChI is InChI=1S/C10H9Br2N3OS/c1-2-3-15-7(5-13-14-15)9(16)8-4-6(11)10(12)17-8/h4-5H,2-3H2,1H3. The SMILES string of the molecule is CCCn1nncc1C(=O)c1cc(Br)c(Br)s1. The molecular weight excluding hydrogens is 370 g/mol. The highest BCUT2D eigenvalue weighted by Crippen LogP contribution is 2.33. The van der Waals surface area contributed by atoms with Gasteiger partial charge in [0.25, 0.3) is 0 Å². The maximum Gasteiger partial charge on any atom is 0.222 e. The molecule has 2 heterocycles. The highest BCUT2D eigenvalue weighted by atomic mass is 79.9. The second-order valence-corrected chi connectivity index (χ2v) is 6.63. The average molecular weight is 379 g/mol. The first-order valence-corrected chi connectivity index (χ1v) is 7.41. The Morgan fingerprint density at radius 2 is 2.29 bits per heavy atom. The molecule has 4 nitrogen and oxygen atoms in total. The molecule has 0 unspecified atom stereocenters. The number of rotatable bonds is 4. The molecule has 90 valence electrons. The number of halogens is 2. The Balaban J connectivity index is 2.33. The van der Waals surface area contributed by atoms with E-state index in [0.717, 1.165) is 14.7 Å². The summed E-state index contributed by atoms with van der Waals surface area (Å²) >= 11 is 8.15. The van der Waals surface area contributed by atoms with Crippen LogP contribution in [-0.4, -0.2) is 20.8 Å². The molecule has 0 aromatic carbocycles. The van der Waals surface area contributed by atoms with Gasteiger partial charge in [-0.25, -0.2) is 4.68 Å². The van der Waals surface area contributed by atoms with E-state index in [4.69, 9.17) is 0 Å². The van der Waals surface area contributed by atoms with Crippen molar-refractivity contribution in [3.63, 3.8) is 0 Å². The Kier molecular flexibility index (Phi) is 4.11. The fourth-order valence-corrected chi connectivity index (χ4v) is 3.38. The van der Waals surface area contributed by atoms with Gasteiger partial charge in [0.2, 0.25) is 5.78 Å². The maximum absolute atomic E-state index is 12.2. The molecule has 2 rings (SSSR count). The second-order valence-electron chi connectivity index (χ2n) is 3.40. The van der Waals surface area contributed by atoms with Gasteiger partial charge < -0.3 is 0 Å². The van der Waals surface area contributed by atoms with E-state index in [1.54, 1.807) is 10.7 Å². The summed E-state index contributed by atoms with van der Waals surface area (Å²) in [4.78, 5) is 12.9. The third-order valence-electron chi connectivity index (χ3n) is 2.15. The summed E-state index contributed by atoms with van der Waals surface area (Å²) in [6.45, 7) is 2.74. The maximum atomic E-state index is 12.2. The van der Waals surface area contributed by atoms with Crippen molar-refractivity contribution in [1.82, 2.24) is 15.0 Å². The van der Waals surface area contributed by atoms with Crippen LogP contribution in [0.4, 0.5) is 0 Å². The van der Waals surface area contributed by atoms with E-state index < -0.39 is 0 Å². The van der Waals surface area contributed by atoms with Crippen molar-refractivity contribution in [1.29, 1.82) is 0 Å². The van der Waals surface area contributed by atoms with E-state index in [1.807, 2.05) is 6.92 Å². The molecule has 0 bridgehead atoms. The summed E-state index contributed by atoms with van der Waals surface area (Å²) in [7, 11) is 0. The molecule has 0 fully saturated rings. The van der Waals surface area contributed by atoms with Crippen LogP contribution in [0.5, 0.6) is 0 Å². The summed E-state index contributed by atoms with van der Waals surface area (Å²) in [6.07, 6.45) is 2.43. The van der Waals surface area contributed by atoms with Crippen LogP contribution in [0.3, 0.4) is 0 Å². The van der Waals surface area contributed by atoms with E-state index in [1.165, 1.54) is 17.5 Å². The fourth-order valence-electron chi connectivity index (χ4n) is 1.40. The van der Waals surface area contributed by atoms with Gasteiger partial charge in [0.1, 0.15) is 5.69 Å². The lowest BCUT2D eigenvalue weighted by Gasteiger charge is -2.01. The molecule has 0 spiro atoms. The van der Waals surface area contributed by atoms with E-state index >= 15 is 0 Å². The molecule has 0 aliphatic rings. The van der Waals surface area contributed by atoms with Crippen molar-refractivity contribution in [2.45, 2.75) is 19.9 Å². The molecular formula is C10H9Br2N3OS. The predicted molar refractivity (Wildman–Crippen MR) is 73.5 cm³/mol. The first-order valence-electron chi connectivity index (χ1n) is 5.01. The van der Waals surface area contributed by atoms with Crippen LogP contribution in [-0.2, 0) is 6.54 Å². The number of ketones is 1. The van der Waals surface area contributed by atoms with Crippen molar-refractivity contribution in [3.05, 3.63) is 31.1 Å². The molecule has 2 aromatic heterocycles. The van der Waals surface area contributed by atoms with Crippen LogP contribution in [0.1, 0.15) is 28.7 Å². The van der Waals surface area contributed by atoms with Gasteiger partial charge in [0.15, 0.2) is 0 Å². The van der Waals surface area contributed by atoms with Gasteiger partial charge in [-0.2, -0.15) is 0 Å². The Hall–Kier alpha value is -0.530. The van der Waals surface area contributed by atoms with Crippen molar-refractivity contribution in [2.24, 2.45) is 0 Å². The molecule has 0 aliphatic carbocycles. The first kappa shape index (κ1) is 12.9. The minimum Gasteiger partial charge on any atom is -0.286 e. The molecule has 0 saturated heterocycles.